The quantitative estimate of drug-likeness (QED) is 0.256. The number of alkyl carbamates (subject to hydrolysis) is 2. The maximum atomic E-state index is 14.8. The van der Waals surface area contributed by atoms with Gasteiger partial charge in [-0.2, -0.15) is 8.42 Å². The number of aliphatic hydroxyl groups is 1. The summed E-state index contributed by atoms with van der Waals surface area (Å²) in [5.41, 5.74) is -3.95. The van der Waals surface area contributed by atoms with E-state index in [9.17, 15) is 31.9 Å². The summed E-state index contributed by atoms with van der Waals surface area (Å²) in [4.78, 5) is 23.5. The molecule has 2 aliphatic carbocycles. The zero-order valence-corrected chi connectivity index (χ0v) is 27.3. The van der Waals surface area contributed by atoms with Crippen molar-refractivity contribution < 1.29 is 45.6 Å². The number of halogens is 2. The van der Waals surface area contributed by atoms with Gasteiger partial charge in [0, 0.05) is 12.8 Å². The zero-order chi connectivity index (χ0) is 32.2. The Balaban J connectivity index is 0.000000428. The van der Waals surface area contributed by atoms with E-state index in [0.717, 1.165) is 44.8 Å². The molecule has 2 saturated carbocycles. The lowest BCUT2D eigenvalue weighted by Crippen LogP contribution is -2.46. The van der Waals surface area contributed by atoms with E-state index in [2.05, 4.69) is 10.6 Å². The van der Waals surface area contributed by atoms with Gasteiger partial charge in [-0.25, -0.2) is 18.4 Å². The minimum Gasteiger partial charge on any atom is -0.444 e. The third kappa shape index (κ3) is 18.0. The fourth-order valence-electron chi connectivity index (χ4n) is 5.13. The standard InChI is InChI=1S/C15H28FNO5S.C14H26FNO3/c1-14(2,3)22-13(18)17-12(11-21-23(4,19)20)10-15(16)8-6-5-7-9-15;1-13(2,3)19-12(18)16-11(10-17)9-14(15)7-5-4-6-8-14/h12H,5-11H2,1-4H3,(H,17,18);11,17H,4-10H2,1-3H3,(H,16,18)/t12-;11-/m00/s1. The van der Waals surface area contributed by atoms with Gasteiger partial charge in [0.1, 0.15) is 22.5 Å². The van der Waals surface area contributed by atoms with Crippen LogP contribution in [-0.2, 0) is 23.8 Å². The first-order valence-corrected chi connectivity index (χ1v) is 16.8. The predicted molar refractivity (Wildman–Crippen MR) is 157 cm³/mol. The molecule has 42 heavy (non-hydrogen) atoms. The van der Waals surface area contributed by atoms with Crippen LogP contribution in [0.25, 0.3) is 0 Å². The number of carbonyl (C=O) groups excluding carboxylic acids is 2. The fraction of sp³-hybridized carbons (Fsp3) is 0.931. The van der Waals surface area contributed by atoms with Crippen LogP contribution in [0.2, 0.25) is 0 Å². The van der Waals surface area contributed by atoms with Crippen molar-refractivity contribution in [2.45, 2.75) is 153 Å². The summed E-state index contributed by atoms with van der Waals surface area (Å²) in [6.45, 7) is 9.86. The van der Waals surface area contributed by atoms with Gasteiger partial charge >= 0.3 is 12.2 Å². The van der Waals surface area contributed by atoms with Crippen molar-refractivity contribution in [2.24, 2.45) is 0 Å². The maximum absolute atomic E-state index is 14.8. The van der Waals surface area contributed by atoms with Crippen LogP contribution >= 0.6 is 0 Å². The summed E-state index contributed by atoms with van der Waals surface area (Å²) in [6.07, 6.45) is 7.03. The number of hydrogen-bond acceptors (Lipinski definition) is 8. The minimum absolute atomic E-state index is 0.0156. The Morgan fingerprint density at radius 2 is 1.12 bits per heavy atom. The molecule has 2 atom stereocenters. The molecule has 2 rings (SSSR count). The third-order valence-electron chi connectivity index (χ3n) is 6.87. The van der Waals surface area contributed by atoms with Crippen molar-refractivity contribution in [3.05, 3.63) is 0 Å². The summed E-state index contributed by atoms with van der Waals surface area (Å²) >= 11 is 0. The average molecular weight is 629 g/mol. The minimum atomic E-state index is -3.67. The molecule has 0 bridgehead atoms. The molecule has 10 nitrogen and oxygen atoms in total. The fourth-order valence-corrected chi connectivity index (χ4v) is 5.54. The van der Waals surface area contributed by atoms with E-state index in [0.29, 0.717) is 25.7 Å². The van der Waals surface area contributed by atoms with Crippen molar-refractivity contribution >= 4 is 22.3 Å². The molecular formula is C29H54F2N2O8S. The molecule has 3 N–H and O–H groups in total. The highest BCUT2D eigenvalue weighted by Crippen LogP contribution is 2.36. The van der Waals surface area contributed by atoms with Crippen molar-refractivity contribution in [3.8, 4) is 0 Å². The van der Waals surface area contributed by atoms with Gasteiger partial charge in [0.25, 0.3) is 10.1 Å². The van der Waals surface area contributed by atoms with Gasteiger partial charge in [0.15, 0.2) is 0 Å². The molecule has 0 aromatic rings. The highest BCUT2D eigenvalue weighted by Gasteiger charge is 2.37. The second-order valence-electron chi connectivity index (χ2n) is 13.7. The summed E-state index contributed by atoms with van der Waals surface area (Å²) < 4.78 is 66.7. The normalized spacial score (nSPS) is 20.2. The van der Waals surface area contributed by atoms with Gasteiger partial charge in [-0.3, -0.25) is 4.18 Å². The van der Waals surface area contributed by atoms with E-state index < -0.39 is 56.9 Å². The Labute approximate surface area is 251 Å². The number of alkyl halides is 2. The zero-order valence-electron chi connectivity index (χ0n) is 26.5. The monoisotopic (exact) mass is 628 g/mol. The van der Waals surface area contributed by atoms with Gasteiger partial charge in [-0.15, -0.1) is 0 Å². The summed E-state index contributed by atoms with van der Waals surface area (Å²) in [7, 11) is -3.67. The number of aliphatic hydroxyl groups excluding tert-OH is 1. The molecule has 0 aromatic heterocycles. The Kier molecular flexibility index (Phi) is 14.9. The SMILES string of the molecule is CC(C)(C)OC(=O)N[C@H](CO)CC1(F)CCCCC1.CC(C)(C)OC(=O)N[C@H](COS(C)(=O)=O)CC1(F)CCCCC1. The van der Waals surface area contributed by atoms with Crippen LogP contribution in [0.15, 0.2) is 0 Å². The Morgan fingerprint density at radius 3 is 1.45 bits per heavy atom. The van der Waals surface area contributed by atoms with Gasteiger partial charge in [0.05, 0.1) is 31.6 Å². The molecule has 0 unspecified atom stereocenters. The van der Waals surface area contributed by atoms with Crippen LogP contribution < -0.4 is 10.6 Å². The highest BCUT2D eigenvalue weighted by molar-refractivity contribution is 7.85. The Hall–Kier alpha value is -1.73. The van der Waals surface area contributed by atoms with Crippen LogP contribution in [0.3, 0.4) is 0 Å². The van der Waals surface area contributed by atoms with Gasteiger partial charge in [-0.1, -0.05) is 38.5 Å². The summed E-state index contributed by atoms with van der Waals surface area (Å²) in [5, 5.41) is 14.4. The molecule has 0 heterocycles. The van der Waals surface area contributed by atoms with E-state index in [4.69, 9.17) is 13.7 Å². The molecule has 0 aromatic carbocycles. The molecule has 0 aliphatic heterocycles. The van der Waals surface area contributed by atoms with Crippen LogP contribution in [0.1, 0.15) is 119 Å². The van der Waals surface area contributed by atoms with Gasteiger partial charge < -0.3 is 25.2 Å². The van der Waals surface area contributed by atoms with Crippen LogP contribution in [0.4, 0.5) is 18.4 Å². The second-order valence-corrected chi connectivity index (χ2v) is 15.3. The number of ether oxygens (including phenoxy) is 2. The number of hydrogen-bond donors (Lipinski definition) is 3. The van der Waals surface area contributed by atoms with E-state index in [-0.39, 0.29) is 26.1 Å². The predicted octanol–water partition coefficient (Wildman–Crippen LogP) is 5.85. The number of carbonyl (C=O) groups is 2. The smallest absolute Gasteiger partial charge is 0.407 e. The summed E-state index contributed by atoms with van der Waals surface area (Å²) in [5.74, 6) is 0. The van der Waals surface area contributed by atoms with Crippen molar-refractivity contribution in [1.29, 1.82) is 0 Å². The highest BCUT2D eigenvalue weighted by atomic mass is 32.2. The van der Waals surface area contributed by atoms with Crippen LogP contribution in [-0.4, -0.2) is 79.8 Å². The molecule has 0 saturated heterocycles. The Morgan fingerprint density at radius 1 is 0.762 bits per heavy atom. The lowest BCUT2D eigenvalue weighted by molar-refractivity contribution is 0.0376. The molecule has 2 aliphatic rings. The summed E-state index contributed by atoms with van der Waals surface area (Å²) in [6, 6.07) is -1.35. The van der Waals surface area contributed by atoms with Crippen molar-refractivity contribution in [1.82, 2.24) is 10.6 Å². The lowest BCUT2D eigenvalue weighted by Gasteiger charge is -2.33. The topological polar surface area (TPSA) is 140 Å². The number of rotatable bonds is 10. The molecule has 2 amide bonds. The second kappa shape index (κ2) is 16.4. The van der Waals surface area contributed by atoms with Crippen molar-refractivity contribution in [3.63, 3.8) is 0 Å². The number of nitrogens with one attached hydrogen (secondary N) is 2. The first kappa shape index (κ1) is 38.3. The molecule has 0 spiro atoms. The maximum Gasteiger partial charge on any atom is 0.407 e. The van der Waals surface area contributed by atoms with Gasteiger partial charge in [-0.05, 0) is 67.2 Å². The number of amides is 2. The van der Waals surface area contributed by atoms with Gasteiger partial charge in [0.2, 0.25) is 0 Å². The first-order valence-electron chi connectivity index (χ1n) is 14.9. The van der Waals surface area contributed by atoms with E-state index in [1.807, 2.05) is 0 Å². The Bertz CT molecular complexity index is 938. The third-order valence-corrected chi connectivity index (χ3v) is 7.43. The van der Waals surface area contributed by atoms with E-state index in [1.165, 1.54) is 0 Å². The lowest BCUT2D eigenvalue weighted by atomic mass is 9.82. The average Bonchev–Trinajstić information content (AvgIpc) is 2.80. The first-order chi connectivity index (χ1) is 19.1. The molecule has 0 radical (unpaired) electrons. The molecule has 2 fully saturated rings. The van der Waals surface area contributed by atoms with Crippen molar-refractivity contribution in [2.75, 3.05) is 19.5 Å². The molecular weight excluding hydrogens is 574 g/mol. The molecule has 13 heteroatoms. The van der Waals surface area contributed by atoms with Crippen LogP contribution in [0, 0.1) is 0 Å². The molecule has 248 valence electrons. The van der Waals surface area contributed by atoms with E-state index >= 15 is 0 Å². The van der Waals surface area contributed by atoms with E-state index in [1.54, 1.807) is 41.5 Å². The van der Waals surface area contributed by atoms with Crippen LogP contribution in [0.5, 0.6) is 0 Å². The largest absolute Gasteiger partial charge is 0.444 e.